The minimum Gasteiger partial charge on any atom is -0.388 e. The second-order valence-electron chi connectivity index (χ2n) is 7.05. The van der Waals surface area contributed by atoms with Gasteiger partial charge >= 0.3 is 0 Å². The predicted octanol–water partition coefficient (Wildman–Crippen LogP) is 2.54. The fourth-order valence-corrected chi connectivity index (χ4v) is 2.81. The lowest BCUT2D eigenvalue weighted by molar-refractivity contribution is 0.0647. The number of halogens is 1. The van der Waals surface area contributed by atoms with E-state index in [0.29, 0.717) is 27.5 Å². The Morgan fingerprint density at radius 3 is 2.46 bits per heavy atom. The maximum atomic E-state index is 12.0. The first-order valence-corrected chi connectivity index (χ1v) is 11.3. The average molecular weight is 470 g/mol. The van der Waals surface area contributed by atoms with Gasteiger partial charge in [-0.25, -0.2) is 9.19 Å². The fourth-order valence-electron chi connectivity index (χ4n) is 2.00. The molecule has 152 valence electrons. The number of hydrogen-bond donors (Lipinski definition) is 4. The Hall–Kier alpha value is -2.17. The zero-order chi connectivity index (χ0) is 21.1. The monoisotopic (exact) mass is 469 g/mol. The van der Waals surface area contributed by atoms with E-state index in [4.69, 9.17) is 0 Å². The molecule has 2 aromatic rings. The fraction of sp³-hybridized carbons (Fsp3) is 0.333. The average Bonchev–Trinajstić information content (AvgIpc) is 2.56. The molecule has 1 aromatic carbocycles. The van der Waals surface area contributed by atoms with Crippen LogP contribution >= 0.6 is 15.9 Å². The van der Waals surface area contributed by atoms with Crippen LogP contribution in [0.25, 0.3) is 0 Å². The third-order valence-corrected chi connectivity index (χ3v) is 5.07. The Kier molecular flexibility index (Phi) is 6.68. The van der Waals surface area contributed by atoms with E-state index in [-0.39, 0.29) is 6.04 Å². The highest BCUT2D eigenvalue weighted by atomic mass is 79.9. The topological polar surface area (TPSA) is 116 Å². The molecule has 0 bridgehead atoms. The first-order chi connectivity index (χ1) is 12.8. The number of carbonyl (C=O) groups is 1. The van der Waals surface area contributed by atoms with Gasteiger partial charge in [-0.2, -0.15) is 4.98 Å². The Balaban J connectivity index is 2.13. The van der Waals surface area contributed by atoms with E-state index >= 15 is 0 Å². The van der Waals surface area contributed by atoms with Crippen LogP contribution in [0.1, 0.15) is 31.1 Å². The highest BCUT2D eigenvalue weighted by Crippen LogP contribution is 2.24. The molecule has 0 radical (unpaired) electrons. The molecule has 8 nitrogen and oxygen atoms in total. The number of anilines is 3. The summed E-state index contributed by atoms with van der Waals surface area (Å²) in [6.45, 7) is 5.27. The van der Waals surface area contributed by atoms with Crippen LogP contribution in [-0.4, -0.2) is 49.0 Å². The largest absolute Gasteiger partial charge is 0.388 e. The van der Waals surface area contributed by atoms with Gasteiger partial charge in [-0.3, -0.25) is 9.52 Å². The van der Waals surface area contributed by atoms with Gasteiger partial charge in [-0.05, 0) is 66.8 Å². The number of aliphatic hydroxyl groups is 1. The van der Waals surface area contributed by atoms with Crippen LogP contribution in [-0.2, 0) is 9.71 Å². The Morgan fingerprint density at radius 2 is 1.93 bits per heavy atom. The molecule has 2 rings (SSSR count). The third kappa shape index (κ3) is 6.47. The van der Waals surface area contributed by atoms with Crippen molar-refractivity contribution in [3.63, 3.8) is 0 Å². The highest BCUT2D eigenvalue weighted by molar-refractivity contribution is 9.10. The minimum atomic E-state index is -2.62. The summed E-state index contributed by atoms with van der Waals surface area (Å²) < 4.78 is 14.6. The molecule has 1 unspecified atom stereocenters. The first kappa shape index (κ1) is 22.1. The molecule has 0 aliphatic carbocycles. The quantitative estimate of drug-likeness (QED) is 0.460. The lowest BCUT2D eigenvalue weighted by Crippen LogP contribution is -2.39. The van der Waals surface area contributed by atoms with Crippen LogP contribution in [0.3, 0.4) is 0 Å². The summed E-state index contributed by atoms with van der Waals surface area (Å²) >= 11 is 3.39. The molecular formula is C18H24BrN5O3S. The number of aromatic nitrogens is 2. The number of amides is 1. The van der Waals surface area contributed by atoms with Crippen molar-refractivity contribution >= 4 is 54.9 Å². The van der Waals surface area contributed by atoms with E-state index in [1.54, 1.807) is 44.3 Å². The van der Waals surface area contributed by atoms with Gasteiger partial charge < -0.3 is 15.7 Å². The normalized spacial score (nSPS) is 14.6. The summed E-state index contributed by atoms with van der Waals surface area (Å²) in [5.74, 6) is 3.83. The summed E-state index contributed by atoms with van der Waals surface area (Å²) in [4.78, 5) is 20.6. The number of nitrogens with one attached hydrogen (secondary N) is 3. The van der Waals surface area contributed by atoms with Gasteiger partial charge in [0.25, 0.3) is 5.91 Å². The summed E-state index contributed by atoms with van der Waals surface area (Å²) in [6, 6.07) is 6.32. The minimum absolute atomic E-state index is 0.244. The van der Waals surface area contributed by atoms with Crippen LogP contribution in [0.2, 0.25) is 0 Å². The van der Waals surface area contributed by atoms with Crippen LogP contribution in [0.4, 0.5) is 17.5 Å². The van der Waals surface area contributed by atoms with Crippen molar-refractivity contribution in [1.82, 2.24) is 14.7 Å². The molecule has 2 atom stereocenters. The van der Waals surface area contributed by atoms with Crippen molar-refractivity contribution in [1.29, 1.82) is 0 Å². The van der Waals surface area contributed by atoms with E-state index in [9.17, 15) is 14.1 Å². The van der Waals surface area contributed by atoms with E-state index in [0.717, 1.165) is 0 Å². The lowest BCUT2D eigenvalue weighted by Gasteiger charge is -2.27. The van der Waals surface area contributed by atoms with Crippen molar-refractivity contribution in [3.05, 3.63) is 40.5 Å². The van der Waals surface area contributed by atoms with Crippen LogP contribution < -0.4 is 15.4 Å². The summed E-state index contributed by atoms with van der Waals surface area (Å²) in [5.41, 5.74) is 0.110. The van der Waals surface area contributed by atoms with Gasteiger partial charge in [0.15, 0.2) is 0 Å². The SMILES string of the molecule is C=S(C)(=O)NC(=O)c1ccc(Nc2ncc(Br)c(N[C@H](C)C(C)(C)O)n2)cc1. The molecular weight excluding hydrogens is 446 g/mol. The molecule has 0 aliphatic heterocycles. The summed E-state index contributed by atoms with van der Waals surface area (Å²) in [5, 5.41) is 16.3. The molecule has 4 N–H and O–H groups in total. The molecule has 0 fully saturated rings. The Labute approximate surface area is 173 Å². The number of nitrogens with zero attached hydrogens (tertiary/aromatic N) is 2. The van der Waals surface area contributed by atoms with Gasteiger partial charge in [0.2, 0.25) is 5.95 Å². The van der Waals surface area contributed by atoms with E-state index in [2.05, 4.69) is 47.1 Å². The Morgan fingerprint density at radius 1 is 1.32 bits per heavy atom. The smallest absolute Gasteiger partial charge is 0.262 e. The van der Waals surface area contributed by atoms with Crippen LogP contribution in [0.5, 0.6) is 0 Å². The van der Waals surface area contributed by atoms with Crippen molar-refractivity contribution in [2.45, 2.75) is 32.4 Å². The number of hydrogen-bond acceptors (Lipinski definition) is 7. The highest BCUT2D eigenvalue weighted by Gasteiger charge is 2.23. The van der Waals surface area contributed by atoms with Crippen molar-refractivity contribution in [2.24, 2.45) is 0 Å². The second kappa shape index (κ2) is 8.46. The zero-order valence-electron chi connectivity index (χ0n) is 16.1. The second-order valence-corrected chi connectivity index (χ2v) is 10.1. The van der Waals surface area contributed by atoms with Gasteiger partial charge in [0.05, 0.1) is 16.1 Å². The van der Waals surface area contributed by atoms with Crippen molar-refractivity contribution < 1.29 is 14.1 Å². The third-order valence-electron chi connectivity index (χ3n) is 3.87. The van der Waals surface area contributed by atoms with Crippen molar-refractivity contribution in [3.8, 4) is 0 Å². The summed E-state index contributed by atoms with van der Waals surface area (Å²) in [7, 11) is -2.62. The maximum absolute atomic E-state index is 12.0. The zero-order valence-corrected chi connectivity index (χ0v) is 18.5. The van der Waals surface area contributed by atoms with Gasteiger partial charge in [-0.1, -0.05) is 0 Å². The number of benzene rings is 1. The van der Waals surface area contributed by atoms with Gasteiger partial charge in [0.1, 0.15) is 5.82 Å². The van der Waals surface area contributed by atoms with E-state index in [1.807, 2.05) is 6.92 Å². The van der Waals surface area contributed by atoms with E-state index in [1.165, 1.54) is 6.26 Å². The number of carbonyl (C=O) groups excluding carboxylic acids is 1. The molecule has 1 amide bonds. The van der Waals surface area contributed by atoms with Gasteiger partial charge in [0, 0.05) is 33.4 Å². The molecule has 1 heterocycles. The van der Waals surface area contributed by atoms with Crippen LogP contribution in [0, 0.1) is 0 Å². The molecule has 0 saturated carbocycles. The molecule has 10 heteroatoms. The van der Waals surface area contributed by atoms with Crippen LogP contribution in [0.15, 0.2) is 34.9 Å². The Bertz CT molecular complexity index is 956. The van der Waals surface area contributed by atoms with Crippen molar-refractivity contribution in [2.75, 3.05) is 16.9 Å². The van der Waals surface area contributed by atoms with E-state index < -0.39 is 21.2 Å². The molecule has 1 aromatic heterocycles. The maximum Gasteiger partial charge on any atom is 0.262 e. The molecule has 0 aliphatic rings. The molecule has 0 saturated heterocycles. The summed E-state index contributed by atoms with van der Waals surface area (Å²) in [6.07, 6.45) is 2.96. The number of rotatable bonds is 7. The molecule has 28 heavy (non-hydrogen) atoms. The lowest BCUT2D eigenvalue weighted by atomic mass is 10.0. The molecule has 0 spiro atoms. The van der Waals surface area contributed by atoms with Gasteiger partial charge in [-0.15, -0.1) is 0 Å². The first-order valence-electron chi connectivity index (χ1n) is 8.38. The predicted molar refractivity (Wildman–Crippen MR) is 117 cm³/mol. The standard InChI is InChI=1S/C18H24BrN5O3S/c1-11(18(2,3)26)21-15-14(19)10-20-17(23-15)22-13-8-6-12(7-9-13)16(25)24-28(4,5)27/h6-11,26H,4H2,1-3,5H3,(H,24,25,27)(H2,20,21,22,23)/t11-,28?/m1/s1.